The number of carbonyl (C=O) groups is 2. The van der Waals surface area contributed by atoms with E-state index in [9.17, 15) is 18.0 Å². The van der Waals surface area contributed by atoms with E-state index in [4.69, 9.17) is 0 Å². The Labute approximate surface area is 156 Å². The van der Waals surface area contributed by atoms with E-state index in [1.807, 2.05) is 26.8 Å². The van der Waals surface area contributed by atoms with Crippen molar-refractivity contribution in [3.05, 3.63) is 17.5 Å². The number of Topliss-reactive ketones (excluding diaryl/α,β-unsaturated/α-hetero) is 2. The monoisotopic (exact) mass is 382 g/mol. The van der Waals surface area contributed by atoms with Gasteiger partial charge in [-0.15, -0.1) is 0 Å². The number of sulfone groups is 1. The normalized spacial score (nSPS) is 19.2. The molecule has 0 aliphatic heterocycles. The second-order valence-corrected chi connectivity index (χ2v) is 11.5. The first-order valence-corrected chi connectivity index (χ1v) is 10.7. The van der Waals surface area contributed by atoms with Gasteiger partial charge in [0, 0.05) is 31.0 Å². The van der Waals surface area contributed by atoms with Gasteiger partial charge in [0.2, 0.25) is 0 Å². The molecule has 0 radical (unpaired) electrons. The minimum Gasteiger partial charge on any atom is -0.300 e. The Bertz CT molecular complexity index is 813. The minimum atomic E-state index is -3.65. The van der Waals surface area contributed by atoms with Crippen molar-refractivity contribution >= 4 is 21.4 Å². The van der Waals surface area contributed by atoms with Gasteiger partial charge in [-0.05, 0) is 32.3 Å². The van der Waals surface area contributed by atoms with Crippen LogP contribution in [-0.4, -0.2) is 40.3 Å². The summed E-state index contributed by atoms with van der Waals surface area (Å²) in [6.07, 6.45) is 1.37. The van der Waals surface area contributed by atoms with Crippen LogP contribution in [0, 0.1) is 5.92 Å². The number of hydrogen-bond acceptors (Lipinski definition) is 5. The zero-order chi connectivity index (χ0) is 19.9. The van der Waals surface area contributed by atoms with Crippen molar-refractivity contribution in [2.24, 2.45) is 13.0 Å². The first-order chi connectivity index (χ1) is 11.7. The summed E-state index contributed by atoms with van der Waals surface area (Å²) in [5.41, 5.74) is 1.43. The van der Waals surface area contributed by atoms with Crippen LogP contribution in [0.5, 0.6) is 0 Å². The Morgan fingerprint density at radius 2 is 1.88 bits per heavy atom. The molecule has 0 amide bonds. The van der Waals surface area contributed by atoms with Crippen molar-refractivity contribution in [1.82, 2.24) is 9.78 Å². The lowest BCUT2D eigenvalue weighted by molar-refractivity contribution is -0.120. The van der Waals surface area contributed by atoms with Gasteiger partial charge >= 0.3 is 0 Å². The molecule has 0 spiro atoms. The molecule has 1 aliphatic rings. The van der Waals surface area contributed by atoms with Gasteiger partial charge in [-0.3, -0.25) is 14.3 Å². The molecule has 1 aromatic rings. The van der Waals surface area contributed by atoms with Crippen LogP contribution < -0.4 is 0 Å². The highest BCUT2D eigenvalue weighted by Crippen LogP contribution is 2.29. The molecule has 1 aliphatic carbocycles. The third-order valence-electron chi connectivity index (χ3n) is 5.34. The average Bonchev–Trinajstić information content (AvgIpc) is 3.04. The Kier molecular flexibility index (Phi) is 5.53. The zero-order valence-electron chi connectivity index (χ0n) is 16.6. The van der Waals surface area contributed by atoms with Crippen LogP contribution in [-0.2, 0) is 38.3 Å². The molecule has 6 nitrogen and oxygen atoms in total. The molecule has 146 valence electrons. The number of carbonyl (C=O) groups excluding carboxylic acids is 2. The first-order valence-electron chi connectivity index (χ1n) is 9.05. The maximum absolute atomic E-state index is 12.8. The zero-order valence-corrected chi connectivity index (χ0v) is 17.4. The van der Waals surface area contributed by atoms with Crippen molar-refractivity contribution < 1.29 is 18.0 Å². The van der Waals surface area contributed by atoms with E-state index in [2.05, 4.69) is 5.10 Å². The Morgan fingerprint density at radius 1 is 1.27 bits per heavy atom. The molecule has 26 heavy (non-hydrogen) atoms. The molecule has 0 unspecified atom stereocenters. The largest absolute Gasteiger partial charge is 0.300 e. The fourth-order valence-electron chi connectivity index (χ4n) is 3.14. The highest BCUT2D eigenvalue weighted by Gasteiger charge is 2.43. The van der Waals surface area contributed by atoms with Crippen molar-refractivity contribution in [2.45, 2.75) is 70.5 Å². The van der Waals surface area contributed by atoms with E-state index in [0.29, 0.717) is 25.0 Å². The molecular weight excluding hydrogens is 352 g/mol. The van der Waals surface area contributed by atoms with E-state index in [0.717, 1.165) is 5.69 Å². The molecule has 1 atom stereocenters. The molecule has 0 aromatic carbocycles. The Balaban J connectivity index is 2.17. The smallest absolute Gasteiger partial charge is 0.162 e. The van der Waals surface area contributed by atoms with E-state index < -0.39 is 14.6 Å². The number of aryl methyl sites for hydroxylation is 1. The van der Waals surface area contributed by atoms with Crippen LogP contribution in [0.3, 0.4) is 0 Å². The number of ketones is 2. The summed E-state index contributed by atoms with van der Waals surface area (Å²) in [5, 5.41) is 4.45. The second-order valence-electron chi connectivity index (χ2n) is 8.93. The molecule has 0 bridgehead atoms. The van der Waals surface area contributed by atoms with Crippen LogP contribution in [0.15, 0.2) is 6.07 Å². The molecule has 2 rings (SSSR count). The highest BCUT2D eigenvalue weighted by atomic mass is 32.2. The first kappa shape index (κ1) is 20.8. The molecular formula is C19H30N2O4S. The van der Waals surface area contributed by atoms with Gasteiger partial charge in [-0.25, -0.2) is 8.42 Å². The fraction of sp³-hybridized carbons (Fsp3) is 0.737. The maximum atomic E-state index is 12.8. The van der Waals surface area contributed by atoms with Gasteiger partial charge in [-0.2, -0.15) is 5.10 Å². The Hall–Kier alpha value is -1.50. The van der Waals surface area contributed by atoms with Crippen molar-refractivity contribution in [3.8, 4) is 0 Å². The minimum absolute atomic E-state index is 0.0232. The lowest BCUT2D eigenvalue weighted by atomic mass is 9.92. The highest BCUT2D eigenvalue weighted by molar-refractivity contribution is 7.93. The summed E-state index contributed by atoms with van der Waals surface area (Å²) >= 11 is 0. The van der Waals surface area contributed by atoms with Gasteiger partial charge in [0.05, 0.1) is 17.9 Å². The summed E-state index contributed by atoms with van der Waals surface area (Å²) < 4.78 is 25.9. The number of nitrogens with zero attached hydrogens (tertiary/aromatic N) is 2. The van der Waals surface area contributed by atoms with Gasteiger partial charge in [0.25, 0.3) is 0 Å². The number of hydrogen-bond donors (Lipinski definition) is 0. The second kappa shape index (κ2) is 6.91. The third kappa shape index (κ3) is 4.24. The molecule has 1 saturated carbocycles. The SMILES string of the molecule is Cn1nc(C(C)(C)C)cc1CC(=O)C(C)(C)S(=O)(=O)C[C@H]1CCC(=O)C1. The van der Waals surface area contributed by atoms with Crippen LogP contribution >= 0.6 is 0 Å². The average molecular weight is 383 g/mol. The van der Waals surface area contributed by atoms with E-state index in [1.54, 1.807) is 11.7 Å². The summed E-state index contributed by atoms with van der Waals surface area (Å²) in [5.74, 6) is -0.496. The number of rotatable bonds is 6. The van der Waals surface area contributed by atoms with Crippen LogP contribution in [0.2, 0.25) is 0 Å². The van der Waals surface area contributed by atoms with Crippen LogP contribution in [0.4, 0.5) is 0 Å². The number of aromatic nitrogens is 2. The van der Waals surface area contributed by atoms with E-state index in [-0.39, 0.29) is 35.1 Å². The fourth-order valence-corrected chi connectivity index (χ4v) is 4.88. The molecule has 1 heterocycles. The predicted octanol–water partition coefficient (Wildman–Crippen LogP) is 2.39. The topological polar surface area (TPSA) is 86.1 Å². The standard InChI is InChI=1S/C19H30N2O4S/c1-18(2,3)16-10-14(21(6)20-16)11-17(23)19(4,5)26(24,25)12-13-7-8-15(22)9-13/h10,13H,7-9,11-12H2,1-6H3/t13-/m0/s1. The summed E-state index contributed by atoms with van der Waals surface area (Å²) in [6, 6.07) is 1.87. The summed E-state index contributed by atoms with van der Waals surface area (Å²) in [6.45, 7) is 9.07. The van der Waals surface area contributed by atoms with Gasteiger partial charge in [0.15, 0.2) is 15.6 Å². The van der Waals surface area contributed by atoms with Crippen molar-refractivity contribution in [3.63, 3.8) is 0 Å². The van der Waals surface area contributed by atoms with Gasteiger partial charge in [-0.1, -0.05) is 20.8 Å². The molecule has 1 aromatic heterocycles. The predicted molar refractivity (Wildman–Crippen MR) is 101 cm³/mol. The summed E-state index contributed by atoms with van der Waals surface area (Å²) in [4.78, 5) is 24.3. The molecule has 0 saturated heterocycles. The third-order valence-corrected chi connectivity index (χ3v) is 8.03. The molecule has 1 fully saturated rings. The lowest BCUT2D eigenvalue weighted by Crippen LogP contribution is -2.44. The van der Waals surface area contributed by atoms with Gasteiger partial charge < -0.3 is 0 Å². The van der Waals surface area contributed by atoms with E-state index >= 15 is 0 Å². The van der Waals surface area contributed by atoms with Crippen LogP contribution in [0.1, 0.15) is 65.3 Å². The van der Waals surface area contributed by atoms with Crippen molar-refractivity contribution in [2.75, 3.05) is 5.75 Å². The van der Waals surface area contributed by atoms with Gasteiger partial charge in [0.1, 0.15) is 10.5 Å². The molecule has 0 N–H and O–H groups in total. The lowest BCUT2D eigenvalue weighted by Gasteiger charge is -2.25. The van der Waals surface area contributed by atoms with Crippen molar-refractivity contribution in [1.29, 1.82) is 0 Å². The van der Waals surface area contributed by atoms with E-state index in [1.165, 1.54) is 13.8 Å². The van der Waals surface area contributed by atoms with Crippen LogP contribution in [0.25, 0.3) is 0 Å². The Morgan fingerprint density at radius 3 is 2.35 bits per heavy atom. The maximum Gasteiger partial charge on any atom is 0.162 e. The molecule has 7 heteroatoms. The quantitative estimate of drug-likeness (QED) is 0.754. The summed E-state index contributed by atoms with van der Waals surface area (Å²) in [7, 11) is -1.88.